The van der Waals surface area contributed by atoms with E-state index >= 15 is 4.39 Å². The molecular formula is C23H20FN5O2S. The standard InChI is InChI=1S/C23H20FN5O2S/c1-12-21(14(3)31-28-12)15-10-19-16(9-17(15)24)22-20(11-26-19)27-23(32(4)30)29(22)13(2)18-7-5-6-8-25-18/h5-11,13H,1-4H3/t13-,32?/m1/s1. The van der Waals surface area contributed by atoms with Crippen LogP contribution < -0.4 is 0 Å². The van der Waals surface area contributed by atoms with E-state index in [1.54, 1.807) is 38.6 Å². The molecule has 4 aromatic heterocycles. The molecule has 0 N–H and O–H groups in total. The highest BCUT2D eigenvalue weighted by molar-refractivity contribution is 7.84. The molecule has 5 rings (SSSR count). The summed E-state index contributed by atoms with van der Waals surface area (Å²) in [6.07, 6.45) is 4.92. The van der Waals surface area contributed by atoms with Crippen molar-refractivity contribution in [3.05, 3.63) is 65.7 Å². The molecule has 162 valence electrons. The van der Waals surface area contributed by atoms with Crippen LogP contribution in [-0.2, 0) is 10.8 Å². The van der Waals surface area contributed by atoms with E-state index in [4.69, 9.17) is 4.52 Å². The molecule has 1 aromatic carbocycles. The van der Waals surface area contributed by atoms with E-state index in [0.29, 0.717) is 49.7 Å². The van der Waals surface area contributed by atoms with Crippen molar-refractivity contribution in [3.8, 4) is 11.1 Å². The Bertz CT molecular complexity index is 1490. The average molecular weight is 450 g/mol. The summed E-state index contributed by atoms with van der Waals surface area (Å²) in [5.41, 5.74) is 4.21. The minimum atomic E-state index is -1.37. The molecule has 0 saturated carbocycles. The van der Waals surface area contributed by atoms with Gasteiger partial charge in [-0.3, -0.25) is 14.2 Å². The van der Waals surface area contributed by atoms with E-state index in [0.717, 1.165) is 5.69 Å². The van der Waals surface area contributed by atoms with Gasteiger partial charge in [0.05, 0.1) is 51.0 Å². The van der Waals surface area contributed by atoms with Gasteiger partial charge in [0.2, 0.25) is 0 Å². The van der Waals surface area contributed by atoms with Gasteiger partial charge in [0.15, 0.2) is 5.16 Å². The molecule has 4 heterocycles. The maximum atomic E-state index is 15.4. The van der Waals surface area contributed by atoms with Crippen LogP contribution in [0.15, 0.2) is 52.4 Å². The van der Waals surface area contributed by atoms with Crippen LogP contribution in [0, 0.1) is 19.7 Å². The van der Waals surface area contributed by atoms with Gasteiger partial charge in [-0.05, 0) is 45.0 Å². The van der Waals surface area contributed by atoms with Crippen LogP contribution in [0.1, 0.15) is 30.1 Å². The maximum Gasteiger partial charge on any atom is 0.200 e. The van der Waals surface area contributed by atoms with E-state index in [1.807, 2.05) is 29.7 Å². The zero-order chi connectivity index (χ0) is 22.6. The van der Waals surface area contributed by atoms with Gasteiger partial charge in [0.25, 0.3) is 0 Å². The number of benzene rings is 1. The fourth-order valence-electron chi connectivity index (χ4n) is 4.15. The summed E-state index contributed by atoms with van der Waals surface area (Å²) in [6, 6.07) is 8.52. The fraction of sp³-hybridized carbons (Fsp3) is 0.217. The number of pyridine rings is 2. The SMILES string of the molecule is Cc1noc(C)c1-c1cc2ncc3nc(S(C)=O)n([C@H](C)c4ccccn4)c3c2cc1F. The molecule has 0 aliphatic rings. The predicted molar refractivity (Wildman–Crippen MR) is 120 cm³/mol. The Morgan fingerprint density at radius 2 is 1.97 bits per heavy atom. The van der Waals surface area contributed by atoms with Gasteiger partial charge in [0.1, 0.15) is 17.1 Å². The van der Waals surface area contributed by atoms with Gasteiger partial charge in [-0.15, -0.1) is 0 Å². The van der Waals surface area contributed by atoms with Crippen LogP contribution in [0.4, 0.5) is 4.39 Å². The molecule has 1 unspecified atom stereocenters. The Morgan fingerprint density at radius 1 is 1.16 bits per heavy atom. The summed E-state index contributed by atoms with van der Waals surface area (Å²) in [5, 5.41) is 4.92. The van der Waals surface area contributed by atoms with Crippen LogP contribution in [0.25, 0.3) is 33.1 Å². The lowest BCUT2D eigenvalue weighted by atomic mass is 10.0. The normalized spacial score (nSPS) is 13.7. The van der Waals surface area contributed by atoms with Gasteiger partial charge < -0.3 is 9.09 Å². The van der Waals surface area contributed by atoms with Crippen LogP contribution >= 0.6 is 0 Å². The van der Waals surface area contributed by atoms with E-state index in [1.165, 1.54) is 6.07 Å². The summed E-state index contributed by atoms with van der Waals surface area (Å²) in [6.45, 7) is 5.49. The summed E-state index contributed by atoms with van der Waals surface area (Å²) < 4.78 is 35.0. The second-order valence-electron chi connectivity index (χ2n) is 7.69. The van der Waals surface area contributed by atoms with E-state index in [2.05, 4.69) is 20.1 Å². The first-order valence-corrected chi connectivity index (χ1v) is 11.6. The van der Waals surface area contributed by atoms with E-state index in [-0.39, 0.29) is 6.04 Å². The molecular weight excluding hydrogens is 429 g/mol. The maximum absolute atomic E-state index is 15.4. The molecule has 0 bridgehead atoms. The number of hydrogen-bond acceptors (Lipinski definition) is 6. The van der Waals surface area contributed by atoms with E-state index < -0.39 is 16.6 Å². The van der Waals surface area contributed by atoms with Crippen LogP contribution in [0.5, 0.6) is 0 Å². The Morgan fingerprint density at radius 3 is 2.62 bits per heavy atom. The lowest BCUT2D eigenvalue weighted by molar-refractivity contribution is 0.393. The lowest BCUT2D eigenvalue weighted by Gasteiger charge is -2.17. The summed E-state index contributed by atoms with van der Waals surface area (Å²) in [5.74, 6) is 0.123. The lowest BCUT2D eigenvalue weighted by Crippen LogP contribution is -2.12. The highest BCUT2D eigenvalue weighted by atomic mass is 32.2. The third-order valence-electron chi connectivity index (χ3n) is 5.64. The molecule has 0 amide bonds. The molecule has 0 fully saturated rings. The zero-order valence-corrected chi connectivity index (χ0v) is 18.8. The zero-order valence-electron chi connectivity index (χ0n) is 18.0. The molecule has 7 nitrogen and oxygen atoms in total. The molecule has 0 aliphatic carbocycles. The van der Waals surface area contributed by atoms with Crippen molar-refractivity contribution in [2.45, 2.75) is 32.0 Å². The average Bonchev–Trinajstić information content (AvgIpc) is 3.34. The molecule has 2 atom stereocenters. The minimum absolute atomic E-state index is 0.268. The van der Waals surface area contributed by atoms with Gasteiger partial charge in [-0.25, -0.2) is 9.37 Å². The van der Waals surface area contributed by atoms with E-state index in [9.17, 15) is 4.21 Å². The predicted octanol–water partition coefficient (Wildman–Crippen LogP) is 4.74. The number of rotatable bonds is 4. The Hall–Kier alpha value is -3.46. The number of hydrogen-bond donors (Lipinski definition) is 0. The minimum Gasteiger partial charge on any atom is -0.361 e. The third kappa shape index (κ3) is 3.12. The molecule has 9 heteroatoms. The van der Waals surface area contributed by atoms with Crippen LogP contribution in [0.2, 0.25) is 0 Å². The first-order valence-electron chi connectivity index (χ1n) is 10.0. The van der Waals surface area contributed by atoms with Crippen molar-refractivity contribution in [2.75, 3.05) is 6.26 Å². The fourth-order valence-corrected chi connectivity index (χ4v) is 4.91. The highest BCUT2D eigenvalue weighted by Crippen LogP contribution is 2.36. The Balaban J connectivity index is 1.83. The highest BCUT2D eigenvalue weighted by Gasteiger charge is 2.24. The van der Waals surface area contributed by atoms with Crippen molar-refractivity contribution < 1.29 is 13.1 Å². The van der Waals surface area contributed by atoms with Crippen molar-refractivity contribution in [1.82, 2.24) is 24.7 Å². The number of aryl methyl sites for hydroxylation is 2. The van der Waals surface area contributed by atoms with Gasteiger partial charge in [-0.1, -0.05) is 11.2 Å². The second kappa shape index (κ2) is 7.59. The first kappa shape index (κ1) is 20.4. The second-order valence-corrected chi connectivity index (χ2v) is 8.96. The molecule has 0 saturated heterocycles. The number of aromatic nitrogens is 5. The Labute approximate surface area is 185 Å². The van der Waals surface area contributed by atoms with Crippen molar-refractivity contribution in [3.63, 3.8) is 0 Å². The van der Waals surface area contributed by atoms with Gasteiger partial charge in [-0.2, -0.15) is 0 Å². The summed E-state index contributed by atoms with van der Waals surface area (Å²) in [4.78, 5) is 13.5. The summed E-state index contributed by atoms with van der Waals surface area (Å²) in [7, 11) is -1.37. The quantitative estimate of drug-likeness (QED) is 0.394. The molecule has 0 spiro atoms. The van der Waals surface area contributed by atoms with Crippen molar-refractivity contribution >= 4 is 32.7 Å². The molecule has 0 radical (unpaired) electrons. The van der Waals surface area contributed by atoms with Crippen molar-refractivity contribution in [1.29, 1.82) is 0 Å². The monoisotopic (exact) mass is 449 g/mol. The van der Waals surface area contributed by atoms with Crippen molar-refractivity contribution in [2.24, 2.45) is 0 Å². The molecule has 0 aliphatic heterocycles. The third-order valence-corrected chi connectivity index (χ3v) is 6.44. The number of nitrogens with zero attached hydrogens (tertiary/aromatic N) is 5. The van der Waals surface area contributed by atoms with Crippen LogP contribution in [0.3, 0.4) is 0 Å². The smallest absolute Gasteiger partial charge is 0.200 e. The number of imidazole rings is 1. The van der Waals surface area contributed by atoms with Gasteiger partial charge >= 0.3 is 0 Å². The van der Waals surface area contributed by atoms with Crippen LogP contribution in [-0.4, -0.2) is 35.1 Å². The summed E-state index contributed by atoms with van der Waals surface area (Å²) >= 11 is 0. The molecule has 5 aromatic rings. The molecule has 32 heavy (non-hydrogen) atoms. The number of halogens is 1. The first-order chi connectivity index (χ1) is 15.4. The Kier molecular flexibility index (Phi) is 4.85. The van der Waals surface area contributed by atoms with Gasteiger partial charge in [0, 0.05) is 23.4 Å². The largest absolute Gasteiger partial charge is 0.361 e. The topological polar surface area (TPSA) is 86.7 Å². The number of fused-ring (bicyclic) bond motifs is 3.